The van der Waals surface area contributed by atoms with Crippen molar-refractivity contribution in [1.29, 1.82) is 0 Å². The highest BCUT2D eigenvalue weighted by atomic mass is 32.2. The highest BCUT2D eigenvalue weighted by Crippen LogP contribution is 2.40. The van der Waals surface area contributed by atoms with Crippen LogP contribution >= 0.6 is 0 Å². The van der Waals surface area contributed by atoms with E-state index < -0.39 is 16.2 Å². The predicted octanol–water partition coefficient (Wildman–Crippen LogP) is 2.17. The number of methoxy groups -OCH3 is 1. The van der Waals surface area contributed by atoms with Crippen molar-refractivity contribution in [2.45, 2.75) is 6.54 Å². The zero-order chi connectivity index (χ0) is 16.6. The van der Waals surface area contributed by atoms with Gasteiger partial charge in [0, 0.05) is 7.05 Å². The number of rotatable bonds is 3. The van der Waals surface area contributed by atoms with Gasteiger partial charge >= 0.3 is 16.2 Å². The molecule has 0 saturated carbocycles. The van der Waals surface area contributed by atoms with Gasteiger partial charge in [-0.3, -0.25) is 4.31 Å². The normalized spacial score (nSPS) is 15.4. The highest BCUT2D eigenvalue weighted by Gasteiger charge is 2.37. The third-order valence-electron chi connectivity index (χ3n) is 3.79. The lowest BCUT2D eigenvalue weighted by Crippen LogP contribution is -2.35. The van der Waals surface area contributed by atoms with Gasteiger partial charge in [0.2, 0.25) is 0 Å². The monoisotopic (exact) mass is 332 g/mol. The van der Waals surface area contributed by atoms with Gasteiger partial charge in [-0.2, -0.15) is 8.42 Å². The zero-order valence-electron chi connectivity index (χ0n) is 12.8. The molecule has 1 heterocycles. The summed E-state index contributed by atoms with van der Waals surface area (Å²) in [5.41, 5.74) is 2.36. The molecule has 0 radical (unpaired) electrons. The largest absolute Gasteiger partial charge is 0.465 e. The first-order chi connectivity index (χ1) is 10.9. The molecule has 0 saturated heterocycles. The summed E-state index contributed by atoms with van der Waals surface area (Å²) in [4.78, 5) is 11.6. The number of hydrogen-bond donors (Lipinski definition) is 0. The fourth-order valence-electron chi connectivity index (χ4n) is 2.58. The lowest BCUT2D eigenvalue weighted by Gasteiger charge is -2.19. The summed E-state index contributed by atoms with van der Waals surface area (Å²) in [6.07, 6.45) is 0. The van der Waals surface area contributed by atoms with Crippen molar-refractivity contribution in [2.24, 2.45) is 0 Å². The van der Waals surface area contributed by atoms with Crippen LogP contribution in [0.3, 0.4) is 0 Å². The molecule has 3 rings (SSSR count). The molecule has 2 aromatic rings. The van der Waals surface area contributed by atoms with Gasteiger partial charge in [-0.1, -0.05) is 24.3 Å². The van der Waals surface area contributed by atoms with Gasteiger partial charge in [0.1, 0.15) is 0 Å². The zero-order valence-corrected chi connectivity index (χ0v) is 13.6. The minimum Gasteiger partial charge on any atom is -0.465 e. The Morgan fingerprint density at radius 1 is 1.09 bits per heavy atom. The van der Waals surface area contributed by atoms with Crippen molar-refractivity contribution in [2.75, 3.05) is 22.8 Å². The van der Waals surface area contributed by atoms with Gasteiger partial charge in [-0.25, -0.2) is 9.10 Å². The molecule has 1 aliphatic heterocycles. The molecular formula is C16H16N2O4S. The Labute approximate surface area is 135 Å². The average molecular weight is 332 g/mol. The standard InChI is InChI=1S/C16H16N2O4S/c1-17-14-8-3-4-9-15(14)18(23(17,20)21)11-12-6-5-7-13(10-12)16(19)22-2/h3-10H,11H2,1-2H3. The molecule has 120 valence electrons. The number of esters is 1. The second-order valence-electron chi connectivity index (χ2n) is 5.16. The number of hydrogen-bond acceptors (Lipinski definition) is 4. The van der Waals surface area contributed by atoms with Gasteiger partial charge in [-0.15, -0.1) is 0 Å². The molecule has 7 heteroatoms. The number of ether oxygens (including phenoxy) is 1. The maximum atomic E-state index is 12.6. The van der Waals surface area contributed by atoms with Crippen molar-refractivity contribution < 1.29 is 17.9 Å². The lowest BCUT2D eigenvalue weighted by atomic mass is 10.1. The van der Waals surface area contributed by atoms with Crippen molar-refractivity contribution in [3.8, 4) is 0 Å². The van der Waals surface area contributed by atoms with E-state index in [0.29, 0.717) is 22.5 Å². The number of nitrogens with zero attached hydrogens (tertiary/aromatic N) is 2. The molecule has 0 spiro atoms. The number of carbonyl (C=O) groups excluding carboxylic acids is 1. The van der Waals surface area contributed by atoms with E-state index in [2.05, 4.69) is 0 Å². The van der Waals surface area contributed by atoms with E-state index in [1.165, 1.54) is 22.8 Å². The minimum atomic E-state index is -3.61. The van der Waals surface area contributed by atoms with Crippen LogP contribution in [0, 0.1) is 0 Å². The van der Waals surface area contributed by atoms with Crippen molar-refractivity contribution in [3.05, 3.63) is 59.7 Å². The van der Waals surface area contributed by atoms with Gasteiger partial charge in [0.05, 0.1) is 30.6 Å². The fourth-order valence-corrected chi connectivity index (χ4v) is 4.00. The summed E-state index contributed by atoms with van der Waals surface area (Å²) >= 11 is 0. The number of para-hydroxylation sites is 2. The van der Waals surface area contributed by atoms with Crippen LogP contribution in [0.15, 0.2) is 48.5 Å². The summed E-state index contributed by atoms with van der Waals surface area (Å²) in [6.45, 7) is 0.147. The van der Waals surface area contributed by atoms with Crippen molar-refractivity contribution >= 4 is 27.6 Å². The second-order valence-corrected chi connectivity index (χ2v) is 7.05. The molecule has 0 N–H and O–H groups in total. The molecule has 0 fully saturated rings. The first-order valence-electron chi connectivity index (χ1n) is 6.98. The average Bonchev–Trinajstić information content (AvgIpc) is 2.76. The Hall–Kier alpha value is -2.54. The Balaban J connectivity index is 1.98. The second kappa shape index (κ2) is 5.58. The maximum Gasteiger partial charge on any atom is 0.337 e. The first kappa shape index (κ1) is 15.4. The van der Waals surface area contributed by atoms with Crippen LogP contribution in [-0.4, -0.2) is 28.5 Å². The summed E-state index contributed by atoms with van der Waals surface area (Å²) in [5.74, 6) is -0.450. The van der Waals surface area contributed by atoms with E-state index in [9.17, 15) is 13.2 Å². The van der Waals surface area contributed by atoms with Crippen molar-refractivity contribution in [1.82, 2.24) is 0 Å². The third kappa shape index (κ3) is 2.53. The molecule has 0 unspecified atom stereocenters. The molecule has 6 nitrogen and oxygen atoms in total. The van der Waals surface area contributed by atoms with Crippen LogP contribution in [0.1, 0.15) is 15.9 Å². The Morgan fingerprint density at radius 2 is 1.78 bits per heavy atom. The van der Waals surface area contributed by atoms with Crippen LogP contribution in [0.2, 0.25) is 0 Å². The number of carbonyl (C=O) groups is 1. The lowest BCUT2D eigenvalue weighted by molar-refractivity contribution is 0.0600. The Morgan fingerprint density at radius 3 is 2.48 bits per heavy atom. The summed E-state index contributed by atoms with van der Waals surface area (Å²) in [6, 6.07) is 13.9. The van der Waals surface area contributed by atoms with Crippen LogP contribution in [0.4, 0.5) is 11.4 Å². The SMILES string of the molecule is COC(=O)c1cccc(CN2c3ccccc3N(C)S2(=O)=O)c1. The molecule has 2 aromatic carbocycles. The summed E-state index contributed by atoms with van der Waals surface area (Å²) in [7, 11) is -0.774. The number of benzene rings is 2. The quantitative estimate of drug-likeness (QED) is 0.808. The number of fused-ring (bicyclic) bond motifs is 1. The smallest absolute Gasteiger partial charge is 0.337 e. The number of anilines is 2. The predicted molar refractivity (Wildman–Crippen MR) is 87.7 cm³/mol. The van der Waals surface area contributed by atoms with Gasteiger partial charge in [0.25, 0.3) is 0 Å². The van der Waals surface area contributed by atoms with Crippen LogP contribution in [0.5, 0.6) is 0 Å². The molecule has 0 bridgehead atoms. The minimum absolute atomic E-state index is 0.147. The van der Waals surface area contributed by atoms with Crippen LogP contribution in [0.25, 0.3) is 0 Å². The topological polar surface area (TPSA) is 66.9 Å². The first-order valence-corrected chi connectivity index (χ1v) is 8.37. The van der Waals surface area contributed by atoms with E-state index in [1.807, 2.05) is 0 Å². The third-order valence-corrected chi connectivity index (χ3v) is 5.56. The van der Waals surface area contributed by atoms with E-state index in [-0.39, 0.29) is 6.54 Å². The molecule has 0 aromatic heterocycles. The van der Waals surface area contributed by atoms with Crippen LogP contribution < -0.4 is 8.61 Å². The molecule has 0 aliphatic carbocycles. The molecule has 1 aliphatic rings. The highest BCUT2D eigenvalue weighted by molar-refractivity contribution is 7.94. The van der Waals surface area contributed by atoms with Crippen molar-refractivity contribution in [3.63, 3.8) is 0 Å². The summed E-state index contributed by atoms with van der Waals surface area (Å²) < 4.78 is 32.5. The molecular weight excluding hydrogens is 316 g/mol. The summed E-state index contributed by atoms with van der Waals surface area (Å²) in [5, 5.41) is 0. The fraction of sp³-hybridized carbons (Fsp3) is 0.188. The van der Waals surface area contributed by atoms with E-state index in [4.69, 9.17) is 4.74 Å². The van der Waals surface area contributed by atoms with Gasteiger partial charge < -0.3 is 4.74 Å². The van der Waals surface area contributed by atoms with E-state index in [0.717, 1.165) is 0 Å². The van der Waals surface area contributed by atoms with E-state index in [1.54, 1.807) is 48.5 Å². The van der Waals surface area contributed by atoms with Gasteiger partial charge in [0.15, 0.2) is 0 Å². The van der Waals surface area contributed by atoms with Gasteiger partial charge in [-0.05, 0) is 29.8 Å². The molecule has 0 atom stereocenters. The van der Waals surface area contributed by atoms with Crippen LogP contribution in [-0.2, 0) is 21.5 Å². The molecule has 0 amide bonds. The molecule has 23 heavy (non-hydrogen) atoms. The Kier molecular flexibility index (Phi) is 3.73. The van der Waals surface area contributed by atoms with E-state index >= 15 is 0 Å². The Bertz CT molecular complexity index is 864. The maximum absolute atomic E-state index is 12.6.